The maximum atomic E-state index is 11.5. The summed E-state index contributed by atoms with van der Waals surface area (Å²) in [7, 11) is 0. The van der Waals surface area contributed by atoms with Gasteiger partial charge in [0.2, 0.25) is 0 Å². The van der Waals surface area contributed by atoms with Gasteiger partial charge in [0.25, 0.3) is 0 Å². The molecule has 4 nitrogen and oxygen atoms in total. The number of carbonyl (C=O) groups is 1. The second-order valence-electron chi connectivity index (χ2n) is 3.50. The van der Waals surface area contributed by atoms with E-state index in [4.69, 9.17) is 0 Å². The fourth-order valence-corrected chi connectivity index (χ4v) is 1.38. The molecule has 0 aliphatic carbocycles. The minimum absolute atomic E-state index is 0.256. The molecule has 1 heterocycles. The summed E-state index contributed by atoms with van der Waals surface area (Å²) < 4.78 is 0. The van der Waals surface area contributed by atoms with E-state index in [9.17, 15) is 4.79 Å². The summed E-state index contributed by atoms with van der Waals surface area (Å²) in [6, 6.07) is 12.8. The Kier molecular flexibility index (Phi) is 9.48. The highest BCUT2D eigenvalue weighted by molar-refractivity contribution is 5.99. The normalized spacial score (nSPS) is 8.45. The minimum Gasteiger partial charge on any atom is -0.346 e. The van der Waals surface area contributed by atoms with E-state index in [1.54, 1.807) is 0 Å². The van der Waals surface area contributed by atoms with E-state index in [-0.39, 0.29) is 6.03 Å². The zero-order chi connectivity index (χ0) is 15.4. The van der Waals surface area contributed by atoms with Crippen molar-refractivity contribution < 1.29 is 4.79 Å². The fourth-order valence-electron chi connectivity index (χ4n) is 1.38. The zero-order valence-corrected chi connectivity index (χ0v) is 12.9. The number of urea groups is 1. The van der Waals surface area contributed by atoms with Crippen LogP contribution in [0.1, 0.15) is 33.4 Å². The van der Waals surface area contributed by atoms with Gasteiger partial charge < -0.3 is 10.3 Å². The molecule has 0 spiro atoms. The molecule has 1 aromatic heterocycles. The third-order valence-corrected chi connectivity index (χ3v) is 2.11. The lowest BCUT2D eigenvalue weighted by Crippen LogP contribution is -2.19. The van der Waals surface area contributed by atoms with Crippen LogP contribution < -0.4 is 10.6 Å². The van der Waals surface area contributed by atoms with Gasteiger partial charge in [0.1, 0.15) is 5.82 Å². The number of H-pyrrole nitrogens is 1. The number of hydrogen-bond acceptors (Lipinski definition) is 1. The van der Waals surface area contributed by atoms with Gasteiger partial charge in [0.05, 0.1) is 0 Å². The molecule has 0 unspecified atom stereocenters. The Morgan fingerprint density at radius 3 is 2.00 bits per heavy atom. The lowest BCUT2D eigenvalue weighted by molar-refractivity contribution is 0.262. The molecule has 2 aromatic rings. The van der Waals surface area contributed by atoms with E-state index in [1.165, 1.54) is 0 Å². The van der Waals surface area contributed by atoms with E-state index < -0.39 is 0 Å². The van der Waals surface area contributed by atoms with Gasteiger partial charge in [0.15, 0.2) is 0 Å². The zero-order valence-electron chi connectivity index (χ0n) is 12.9. The van der Waals surface area contributed by atoms with Crippen molar-refractivity contribution in [2.24, 2.45) is 0 Å². The highest BCUT2D eigenvalue weighted by Gasteiger charge is 2.02. The SMILES string of the molecule is CC.CC.Cc1ccc(NC(=O)Nc2ccccc2)[nH]1. The first-order valence-corrected chi connectivity index (χ1v) is 7.03. The highest BCUT2D eigenvalue weighted by Crippen LogP contribution is 2.08. The summed E-state index contributed by atoms with van der Waals surface area (Å²) >= 11 is 0. The van der Waals surface area contributed by atoms with E-state index in [0.29, 0.717) is 5.82 Å². The van der Waals surface area contributed by atoms with E-state index in [1.807, 2.05) is 77.1 Å². The molecule has 0 fully saturated rings. The largest absolute Gasteiger partial charge is 0.346 e. The van der Waals surface area contributed by atoms with Crippen molar-refractivity contribution in [2.75, 3.05) is 10.6 Å². The standard InChI is InChI=1S/C12H13N3O.2C2H6/c1-9-7-8-11(13-9)15-12(16)14-10-5-3-2-4-6-10;2*1-2/h2-8,13H,1H3,(H2,14,15,16);2*1-2H3. The van der Waals surface area contributed by atoms with E-state index in [0.717, 1.165) is 11.4 Å². The van der Waals surface area contributed by atoms with Gasteiger partial charge in [-0.25, -0.2) is 4.79 Å². The Bertz CT molecular complexity index is 477. The van der Waals surface area contributed by atoms with Gasteiger partial charge in [-0.2, -0.15) is 0 Å². The molecule has 0 bridgehead atoms. The lowest BCUT2D eigenvalue weighted by atomic mass is 10.3. The van der Waals surface area contributed by atoms with Gasteiger partial charge in [-0.15, -0.1) is 0 Å². The monoisotopic (exact) mass is 275 g/mol. The van der Waals surface area contributed by atoms with Crippen molar-refractivity contribution in [3.8, 4) is 0 Å². The van der Waals surface area contributed by atoms with Crippen LogP contribution in [0.5, 0.6) is 0 Å². The second kappa shape index (κ2) is 10.7. The van der Waals surface area contributed by atoms with Gasteiger partial charge in [-0.3, -0.25) is 5.32 Å². The van der Waals surface area contributed by atoms with Crippen LogP contribution in [0.2, 0.25) is 0 Å². The molecule has 0 saturated carbocycles. The lowest BCUT2D eigenvalue weighted by Gasteiger charge is -2.05. The molecule has 1 aromatic carbocycles. The molecule has 4 heteroatoms. The molecule has 2 rings (SSSR count). The topological polar surface area (TPSA) is 56.9 Å². The summed E-state index contributed by atoms with van der Waals surface area (Å²) in [4.78, 5) is 14.6. The number of aryl methyl sites for hydroxylation is 1. The molecule has 0 aliphatic heterocycles. The Labute approximate surface area is 121 Å². The Morgan fingerprint density at radius 1 is 0.900 bits per heavy atom. The van der Waals surface area contributed by atoms with Crippen molar-refractivity contribution >= 4 is 17.5 Å². The van der Waals surface area contributed by atoms with Crippen LogP contribution in [0.15, 0.2) is 42.5 Å². The summed E-state index contributed by atoms with van der Waals surface area (Å²) in [5, 5.41) is 5.44. The van der Waals surface area contributed by atoms with Crippen LogP contribution in [0.25, 0.3) is 0 Å². The number of amides is 2. The molecule has 0 atom stereocenters. The Hall–Kier alpha value is -2.23. The number of para-hydroxylation sites is 1. The highest BCUT2D eigenvalue weighted by atomic mass is 16.2. The van der Waals surface area contributed by atoms with Crippen molar-refractivity contribution in [3.05, 3.63) is 48.2 Å². The fraction of sp³-hybridized carbons (Fsp3) is 0.312. The summed E-state index contributed by atoms with van der Waals surface area (Å²) in [5.74, 6) is 0.686. The molecular formula is C16H25N3O. The number of anilines is 2. The predicted octanol–water partition coefficient (Wildman–Crippen LogP) is 5.02. The number of rotatable bonds is 2. The first-order chi connectivity index (χ1) is 9.74. The number of hydrogen-bond donors (Lipinski definition) is 3. The average molecular weight is 275 g/mol. The van der Waals surface area contributed by atoms with Gasteiger partial charge in [-0.1, -0.05) is 45.9 Å². The summed E-state index contributed by atoms with van der Waals surface area (Å²) in [5.41, 5.74) is 1.78. The third-order valence-electron chi connectivity index (χ3n) is 2.11. The van der Waals surface area contributed by atoms with Gasteiger partial charge >= 0.3 is 6.03 Å². The van der Waals surface area contributed by atoms with Crippen molar-refractivity contribution in [2.45, 2.75) is 34.6 Å². The Balaban J connectivity index is 0.000000829. The molecule has 0 aliphatic rings. The maximum absolute atomic E-state index is 11.5. The van der Waals surface area contributed by atoms with Crippen molar-refractivity contribution in [3.63, 3.8) is 0 Å². The van der Waals surface area contributed by atoms with Crippen molar-refractivity contribution in [1.29, 1.82) is 0 Å². The van der Waals surface area contributed by atoms with Crippen LogP contribution in [0, 0.1) is 6.92 Å². The predicted molar refractivity (Wildman–Crippen MR) is 87.3 cm³/mol. The first kappa shape index (κ1) is 17.8. The first-order valence-electron chi connectivity index (χ1n) is 7.03. The van der Waals surface area contributed by atoms with Crippen LogP contribution >= 0.6 is 0 Å². The van der Waals surface area contributed by atoms with Crippen molar-refractivity contribution in [1.82, 2.24) is 4.98 Å². The second-order valence-corrected chi connectivity index (χ2v) is 3.50. The number of carbonyl (C=O) groups excluding carboxylic acids is 1. The molecular weight excluding hydrogens is 250 g/mol. The number of nitrogens with one attached hydrogen (secondary N) is 3. The van der Waals surface area contributed by atoms with Crippen LogP contribution in [-0.4, -0.2) is 11.0 Å². The average Bonchev–Trinajstić information content (AvgIpc) is 2.89. The molecule has 2 amide bonds. The third kappa shape index (κ3) is 6.64. The summed E-state index contributed by atoms with van der Waals surface area (Å²) in [6.45, 7) is 9.93. The van der Waals surface area contributed by atoms with Crippen LogP contribution in [0.3, 0.4) is 0 Å². The quantitative estimate of drug-likeness (QED) is 0.708. The Morgan fingerprint density at radius 2 is 1.50 bits per heavy atom. The van der Waals surface area contributed by atoms with Gasteiger partial charge in [0, 0.05) is 11.4 Å². The number of aromatic amines is 1. The van der Waals surface area contributed by atoms with Gasteiger partial charge in [-0.05, 0) is 31.2 Å². The minimum atomic E-state index is -0.256. The van der Waals surface area contributed by atoms with E-state index in [2.05, 4.69) is 15.6 Å². The van der Waals surface area contributed by atoms with Crippen LogP contribution in [0.4, 0.5) is 16.3 Å². The number of aromatic nitrogens is 1. The van der Waals surface area contributed by atoms with E-state index >= 15 is 0 Å². The molecule has 20 heavy (non-hydrogen) atoms. The molecule has 3 N–H and O–H groups in total. The molecule has 110 valence electrons. The molecule has 0 saturated heterocycles. The summed E-state index contributed by atoms with van der Waals surface area (Å²) in [6.07, 6.45) is 0. The molecule has 0 radical (unpaired) electrons. The maximum Gasteiger partial charge on any atom is 0.324 e. The van der Waals surface area contributed by atoms with Crippen LogP contribution in [-0.2, 0) is 0 Å². The smallest absolute Gasteiger partial charge is 0.324 e. The number of benzene rings is 1.